The Morgan fingerprint density at radius 2 is 2.00 bits per heavy atom. The summed E-state index contributed by atoms with van der Waals surface area (Å²) in [5, 5.41) is 0. The number of hydrogen-bond donors (Lipinski definition) is 1. The normalized spacial score (nSPS) is 10.6. The molecule has 0 spiro atoms. The third kappa shape index (κ3) is 2.56. The van der Waals surface area contributed by atoms with E-state index >= 15 is 0 Å². The number of nitrogens with zero attached hydrogens (tertiary/aromatic N) is 2. The summed E-state index contributed by atoms with van der Waals surface area (Å²) in [4.78, 5) is 6.51. The van der Waals surface area contributed by atoms with Crippen molar-refractivity contribution in [3.05, 3.63) is 12.1 Å². The van der Waals surface area contributed by atoms with Crippen molar-refractivity contribution in [2.75, 3.05) is 24.8 Å². The highest BCUT2D eigenvalue weighted by molar-refractivity contribution is 5.63. The van der Waals surface area contributed by atoms with Crippen LogP contribution in [0.15, 0.2) is 12.1 Å². The number of nitrogens with two attached hydrogens (primary N) is 1. The lowest BCUT2D eigenvalue weighted by molar-refractivity contribution is 0.397. The Bertz CT molecular complexity index is 337. The maximum atomic E-state index is 5.93. The van der Waals surface area contributed by atoms with E-state index in [-0.39, 0.29) is 0 Å². The highest BCUT2D eigenvalue weighted by Crippen LogP contribution is 2.25. The average Bonchev–Trinajstić information content (AvgIpc) is 2.31. The number of anilines is 2. The van der Waals surface area contributed by atoms with Gasteiger partial charge >= 0.3 is 0 Å². The minimum atomic E-state index is 0.460. The first-order valence-electron chi connectivity index (χ1n) is 5.67. The quantitative estimate of drug-likeness (QED) is 0.832. The van der Waals surface area contributed by atoms with Crippen LogP contribution in [0.5, 0.6) is 5.88 Å². The Morgan fingerprint density at radius 1 is 1.38 bits per heavy atom. The number of pyridine rings is 1. The molecule has 1 aromatic heterocycles. The second kappa shape index (κ2) is 5.58. The molecule has 16 heavy (non-hydrogen) atoms. The van der Waals surface area contributed by atoms with Crippen molar-refractivity contribution >= 4 is 11.5 Å². The van der Waals surface area contributed by atoms with Crippen LogP contribution in [-0.2, 0) is 0 Å². The molecule has 4 heteroatoms. The first kappa shape index (κ1) is 12.6. The van der Waals surface area contributed by atoms with E-state index in [4.69, 9.17) is 10.5 Å². The molecule has 2 N–H and O–H groups in total. The van der Waals surface area contributed by atoms with Gasteiger partial charge in [-0.05, 0) is 18.9 Å². The predicted molar refractivity (Wildman–Crippen MR) is 68.0 cm³/mol. The van der Waals surface area contributed by atoms with Crippen molar-refractivity contribution in [1.82, 2.24) is 4.98 Å². The molecule has 1 aromatic rings. The lowest BCUT2D eigenvalue weighted by atomic mass is 10.1. The zero-order chi connectivity index (χ0) is 12.1. The third-order valence-electron chi connectivity index (χ3n) is 2.91. The summed E-state index contributed by atoms with van der Waals surface area (Å²) < 4.78 is 5.11. The molecule has 0 aliphatic rings. The monoisotopic (exact) mass is 223 g/mol. The van der Waals surface area contributed by atoms with Crippen LogP contribution in [0.4, 0.5) is 11.5 Å². The van der Waals surface area contributed by atoms with Crippen molar-refractivity contribution in [3.63, 3.8) is 0 Å². The highest BCUT2D eigenvalue weighted by atomic mass is 16.5. The molecule has 4 nitrogen and oxygen atoms in total. The Kier molecular flexibility index (Phi) is 4.40. The SMILES string of the molecule is CCC(CC)N(C)c1nc(OC)ccc1N. The highest BCUT2D eigenvalue weighted by Gasteiger charge is 2.15. The summed E-state index contributed by atoms with van der Waals surface area (Å²) in [6.45, 7) is 4.34. The molecular formula is C12H21N3O. The molecule has 0 aromatic carbocycles. The molecule has 90 valence electrons. The molecule has 0 fully saturated rings. The summed E-state index contributed by atoms with van der Waals surface area (Å²) in [7, 11) is 3.63. The van der Waals surface area contributed by atoms with Gasteiger partial charge in [-0.1, -0.05) is 13.8 Å². The fourth-order valence-electron chi connectivity index (χ4n) is 1.85. The van der Waals surface area contributed by atoms with Crippen molar-refractivity contribution in [2.24, 2.45) is 0 Å². The van der Waals surface area contributed by atoms with Crippen LogP contribution in [0.25, 0.3) is 0 Å². The molecule has 1 heterocycles. The maximum absolute atomic E-state index is 5.93. The summed E-state index contributed by atoms with van der Waals surface area (Å²) in [6.07, 6.45) is 2.15. The number of nitrogen functional groups attached to an aromatic ring is 1. The summed E-state index contributed by atoms with van der Waals surface area (Å²) in [5.74, 6) is 1.40. The van der Waals surface area contributed by atoms with E-state index in [1.54, 1.807) is 13.2 Å². The van der Waals surface area contributed by atoms with Gasteiger partial charge in [0.15, 0.2) is 5.82 Å². The smallest absolute Gasteiger partial charge is 0.215 e. The van der Waals surface area contributed by atoms with Crippen LogP contribution >= 0.6 is 0 Å². The zero-order valence-corrected chi connectivity index (χ0v) is 10.5. The van der Waals surface area contributed by atoms with Gasteiger partial charge in [-0.2, -0.15) is 4.98 Å². The molecular weight excluding hydrogens is 202 g/mol. The molecule has 1 rings (SSSR count). The number of methoxy groups -OCH3 is 1. The first-order chi connectivity index (χ1) is 7.63. The fourth-order valence-corrected chi connectivity index (χ4v) is 1.85. The van der Waals surface area contributed by atoms with Crippen LogP contribution in [0.3, 0.4) is 0 Å². The standard InChI is InChI=1S/C12H21N3O/c1-5-9(6-2)15(3)12-10(13)7-8-11(14-12)16-4/h7-9H,5-6,13H2,1-4H3. The molecule has 0 aliphatic carbocycles. The molecule has 0 aliphatic heterocycles. The Morgan fingerprint density at radius 3 is 2.50 bits per heavy atom. The number of rotatable bonds is 5. The minimum absolute atomic E-state index is 0.460. The van der Waals surface area contributed by atoms with Crippen molar-refractivity contribution in [3.8, 4) is 5.88 Å². The van der Waals surface area contributed by atoms with Gasteiger partial charge in [0, 0.05) is 19.2 Å². The van der Waals surface area contributed by atoms with E-state index in [1.165, 1.54) is 0 Å². The molecule has 0 atom stereocenters. The first-order valence-corrected chi connectivity index (χ1v) is 5.67. The van der Waals surface area contributed by atoms with E-state index in [0.29, 0.717) is 17.6 Å². The number of aromatic nitrogens is 1. The molecule has 0 bridgehead atoms. The molecule has 0 saturated heterocycles. The molecule has 0 unspecified atom stereocenters. The van der Waals surface area contributed by atoms with Crippen LogP contribution in [-0.4, -0.2) is 25.2 Å². The Hall–Kier alpha value is -1.45. The number of ether oxygens (including phenoxy) is 1. The van der Waals surface area contributed by atoms with E-state index in [2.05, 4.69) is 23.7 Å². The van der Waals surface area contributed by atoms with Crippen LogP contribution in [0.1, 0.15) is 26.7 Å². The van der Waals surface area contributed by atoms with Gasteiger partial charge in [0.05, 0.1) is 12.8 Å². The maximum Gasteiger partial charge on any atom is 0.215 e. The van der Waals surface area contributed by atoms with Gasteiger partial charge in [0.2, 0.25) is 5.88 Å². The van der Waals surface area contributed by atoms with Gasteiger partial charge < -0.3 is 15.4 Å². The fraction of sp³-hybridized carbons (Fsp3) is 0.583. The zero-order valence-electron chi connectivity index (χ0n) is 10.5. The lowest BCUT2D eigenvalue weighted by Crippen LogP contribution is -2.31. The molecule has 0 amide bonds. The Labute approximate surface area is 97.4 Å². The van der Waals surface area contributed by atoms with Crippen molar-refractivity contribution < 1.29 is 4.74 Å². The summed E-state index contributed by atoms with van der Waals surface area (Å²) >= 11 is 0. The van der Waals surface area contributed by atoms with Crippen LogP contribution in [0.2, 0.25) is 0 Å². The molecule has 0 radical (unpaired) electrons. The Balaban J connectivity index is 3.01. The van der Waals surface area contributed by atoms with Crippen LogP contribution in [0, 0.1) is 0 Å². The average molecular weight is 223 g/mol. The topological polar surface area (TPSA) is 51.4 Å². The van der Waals surface area contributed by atoms with Gasteiger partial charge in [0.25, 0.3) is 0 Å². The van der Waals surface area contributed by atoms with E-state index in [9.17, 15) is 0 Å². The predicted octanol–water partition coefficient (Wildman–Crippen LogP) is 2.30. The van der Waals surface area contributed by atoms with Gasteiger partial charge in [-0.3, -0.25) is 0 Å². The second-order valence-corrected chi connectivity index (χ2v) is 3.85. The van der Waals surface area contributed by atoms with Crippen LogP contribution < -0.4 is 15.4 Å². The second-order valence-electron chi connectivity index (χ2n) is 3.85. The van der Waals surface area contributed by atoms with E-state index in [1.807, 2.05) is 13.1 Å². The summed E-state index contributed by atoms with van der Waals surface area (Å²) in [6, 6.07) is 4.07. The lowest BCUT2D eigenvalue weighted by Gasteiger charge is -2.28. The largest absolute Gasteiger partial charge is 0.481 e. The van der Waals surface area contributed by atoms with E-state index < -0.39 is 0 Å². The van der Waals surface area contributed by atoms with Gasteiger partial charge in [-0.25, -0.2) is 0 Å². The summed E-state index contributed by atoms with van der Waals surface area (Å²) in [5.41, 5.74) is 6.62. The van der Waals surface area contributed by atoms with Crippen molar-refractivity contribution in [1.29, 1.82) is 0 Å². The van der Waals surface area contributed by atoms with Gasteiger partial charge in [0.1, 0.15) is 0 Å². The van der Waals surface area contributed by atoms with E-state index in [0.717, 1.165) is 18.7 Å². The molecule has 0 saturated carbocycles. The van der Waals surface area contributed by atoms with Gasteiger partial charge in [-0.15, -0.1) is 0 Å². The van der Waals surface area contributed by atoms with Crippen molar-refractivity contribution in [2.45, 2.75) is 32.7 Å². The number of hydrogen-bond acceptors (Lipinski definition) is 4. The minimum Gasteiger partial charge on any atom is -0.481 e. The third-order valence-corrected chi connectivity index (χ3v) is 2.91.